The van der Waals surface area contributed by atoms with Gasteiger partial charge in [0.25, 0.3) is 0 Å². The largest absolute Gasteiger partial charge is 0.587 e. The van der Waals surface area contributed by atoms with Gasteiger partial charge in [0.1, 0.15) is 5.75 Å². The number of hydrogen-bond donors (Lipinski definition) is 1. The van der Waals surface area contributed by atoms with Crippen molar-refractivity contribution in [3.63, 3.8) is 0 Å². The molecule has 82 valence electrons. The van der Waals surface area contributed by atoms with Crippen molar-refractivity contribution in [1.29, 1.82) is 0 Å². The maximum absolute atomic E-state index is 11.2. The first-order valence-electron chi connectivity index (χ1n) is 4.19. The van der Waals surface area contributed by atoms with Gasteiger partial charge in [-0.2, -0.15) is 0 Å². The van der Waals surface area contributed by atoms with Gasteiger partial charge in [-0.1, -0.05) is 18.2 Å². The fraction of sp³-hybridized carbons (Fsp3) is 0.222. The maximum Gasteiger partial charge on any atom is 0.587 e. The molecule has 1 unspecified atom stereocenters. The summed E-state index contributed by atoms with van der Waals surface area (Å²) >= 11 is 0. The molecule has 0 saturated heterocycles. The van der Waals surface area contributed by atoms with Crippen molar-refractivity contribution in [2.75, 3.05) is 0 Å². The minimum atomic E-state index is -4.35. The molecule has 0 saturated carbocycles. The summed E-state index contributed by atoms with van der Waals surface area (Å²) in [6.07, 6.45) is 0. The van der Waals surface area contributed by atoms with Crippen molar-refractivity contribution in [1.82, 2.24) is 0 Å². The molecule has 0 amide bonds. The summed E-state index contributed by atoms with van der Waals surface area (Å²) in [5.41, 5.74) is 0.680. The Balaban J connectivity index is 2.82. The maximum atomic E-state index is 11.2. The number of hydrogen-bond acceptors (Lipinski definition) is 4. The molecular formula is C9H11O5P. The molecule has 1 aromatic rings. The summed E-state index contributed by atoms with van der Waals surface area (Å²) in [6.45, 7) is 2.74. The van der Waals surface area contributed by atoms with Crippen LogP contribution >= 0.6 is 7.82 Å². The Morgan fingerprint density at radius 2 is 2.00 bits per heavy atom. The molecular weight excluding hydrogens is 219 g/mol. The summed E-state index contributed by atoms with van der Waals surface area (Å²) in [5, 5.41) is 0. The smallest absolute Gasteiger partial charge is 0.395 e. The van der Waals surface area contributed by atoms with E-state index < -0.39 is 13.8 Å². The molecule has 0 aliphatic heterocycles. The van der Waals surface area contributed by atoms with Crippen LogP contribution in [-0.4, -0.2) is 10.9 Å². The van der Waals surface area contributed by atoms with Gasteiger partial charge in [0.05, 0.1) is 0 Å². The number of phosphoric acid groups is 1. The Bertz CT molecular complexity index is 415. The quantitative estimate of drug-likeness (QED) is 0.804. The average molecular weight is 230 g/mol. The molecule has 0 bridgehead atoms. The number of aryl methyl sites for hydroxylation is 1. The van der Waals surface area contributed by atoms with Crippen LogP contribution in [0.25, 0.3) is 0 Å². The number of para-hydroxylation sites is 1. The third kappa shape index (κ3) is 3.73. The van der Waals surface area contributed by atoms with Crippen LogP contribution in [-0.2, 0) is 13.9 Å². The molecule has 1 rings (SSSR count). The molecule has 5 nitrogen and oxygen atoms in total. The highest BCUT2D eigenvalue weighted by Crippen LogP contribution is 2.44. The van der Waals surface area contributed by atoms with Gasteiger partial charge >= 0.3 is 13.8 Å². The molecule has 0 fully saturated rings. The number of rotatable bonds is 3. The summed E-state index contributed by atoms with van der Waals surface area (Å²) in [6, 6.07) is 6.64. The number of carbonyl (C=O) groups excluding carboxylic acids is 1. The zero-order chi connectivity index (χ0) is 11.5. The van der Waals surface area contributed by atoms with E-state index in [4.69, 9.17) is 9.42 Å². The lowest BCUT2D eigenvalue weighted by atomic mass is 10.2. The van der Waals surface area contributed by atoms with Crippen LogP contribution in [0.1, 0.15) is 12.5 Å². The van der Waals surface area contributed by atoms with Gasteiger partial charge in [-0.15, -0.1) is 0 Å². The van der Waals surface area contributed by atoms with Gasteiger partial charge in [0.15, 0.2) is 0 Å². The fourth-order valence-corrected chi connectivity index (χ4v) is 1.78. The minimum absolute atomic E-state index is 0.213. The molecule has 1 N–H and O–H groups in total. The van der Waals surface area contributed by atoms with Crippen LogP contribution < -0.4 is 4.52 Å². The fourth-order valence-electron chi connectivity index (χ4n) is 0.964. The van der Waals surface area contributed by atoms with Crippen molar-refractivity contribution in [2.45, 2.75) is 13.8 Å². The van der Waals surface area contributed by atoms with Crippen molar-refractivity contribution < 1.29 is 23.3 Å². The lowest BCUT2D eigenvalue weighted by Gasteiger charge is -2.12. The SMILES string of the molecule is CC(=O)OP(=O)(O)Oc1ccccc1C. The highest BCUT2D eigenvalue weighted by atomic mass is 31.2. The van der Waals surface area contributed by atoms with E-state index in [1.165, 1.54) is 6.07 Å². The first-order valence-corrected chi connectivity index (χ1v) is 5.68. The van der Waals surface area contributed by atoms with Gasteiger partial charge in [0, 0.05) is 6.92 Å². The molecule has 6 heteroatoms. The highest BCUT2D eigenvalue weighted by molar-refractivity contribution is 7.48. The van der Waals surface area contributed by atoms with Gasteiger partial charge in [-0.3, -0.25) is 9.69 Å². The molecule has 0 aromatic heterocycles. The number of benzene rings is 1. The Hall–Kier alpha value is -1.32. The van der Waals surface area contributed by atoms with Gasteiger partial charge in [-0.05, 0) is 18.6 Å². The van der Waals surface area contributed by atoms with Gasteiger partial charge < -0.3 is 9.05 Å². The zero-order valence-electron chi connectivity index (χ0n) is 8.34. The van der Waals surface area contributed by atoms with Gasteiger partial charge in [0.2, 0.25) is 0 Å². The molecule has 0 spiro atoms. The Labute approximate surface area is 87.3 Å². The van der Waals surface area contributed by atoms with Crippen molar-refractivity contribution in [3.05, 3.63) is 29.8 Å². The Morgan fingerprint density at radius 3 is 2.53 bits per heavy atom. The monoisotopic (exact) mass is 230 g/mol. The predicted octanol–water partition coefficient (Wildman–Crippen LogP) is 2.04. The van der Waals surface area contributed by atoms with E-state index in [2.05, 4.69) is 4.52 Å². The second-order valence-corrected chi connectivity index (χ2v) is 4.21. The minimum Gasteiger partial charge on any atom is -0.395 e. The second kappa shape index (κ2) is 4.47. The topological polar surface area (TPSA) is 72.8 Å². The van der Waals surface area contributed by atoms with E-state index in [9.17, 15) is 9.36 Å². The average Bonchev–Trinajstić information content (AvgIpc) is 2.06. The second-order valence-electron chi connectivity index (χ2n) is 2.91. The summed E-state index contributed by atoms with van der Waals surface area (Å²) in [5.74, 6) is -0.654. The molecule has 1 aromatic carbocycles. The molecule has 0 radical (unpaired) electrons. The van der Waals surface area contributed by atoms with Crippen LogP contribution in [0, 0.1) is 6.92 Å². The van der Waals surface area contributed by atoms with Crippen molar-refractivity contribution in [3.8, 4) is 5.75 Å². The number of phosphoric ester groups is 1. The van der Waals surface area contributed by atoms with Crippen LogP contribution in [0.15, 0.2) is 24.3 Å². The molecule has 0 aliphatic carbocycles. The van der Waals surface area contributed by atoms with Crippen molar-refractivity contribution >= 4 is 13.8 Å². The van der Waals surface area contributed by atoms with E-state index in [1.807, 2.05) is 0 Å². The summed E-state index contributed by atoms with van der Waals surface area (Å²) < 4.78 is 20.1. The normalized spacial score (nSPS) is 14.1. The predicted molar refractivity (Wildman–Crippen MR) is 53.4 cm³/mol. The third-order valence-corrected chi connectivity index (χ3v) is 2.47. The first kappa shape index (κ1) is 11.8. The third-order valence-electron chi connectivity index (χ3n) is 1.55. The highest BCUT2D eigenvalue weighted by Gasteiger charge is 2.26. The molecule has 0 heterocycles. The number of carbonyl (C=O) groups is 1. The van der Waals surface area contributed by atoms with Crippen LogP contribution in [0.3, 0.4) is 0 Å². The molecule has 0 aliphatic rings. The van der Waals surface area contributed by atoms with Crippen LogP contribution in [0.2, 0.25) is 0 Å². The van der Waals surface area contributed by atoms with Gasteiger partial charge in [-0.25, -0.2) is 4.57 Å². The van der Waals surface area contributed by atoms with Crippen LogP contribution in [0.4, 0.5) is 0 Å². The lowest BCUT2D eigenvalue weighted by Crippen LogP contribution is -2.02. The van der Waals surface area contributed by atoms with E-state index in [-0.39, 0.29) is 5.75 Å². The van der Waals surface area contributed by atoms with E-state index in [1.54, 1.807) is 25.1 Å². The lowest BCUT2D eigenvalue weighted by molar-refractivity contribution is -0.133. The first-order chi connectivity index (χ1) is 6.91. The van der Waals surface area contributed by atoms with Crippen LogP contribution in [0.5, 0.6) is 5.75 Å². The summed E-state index contributed by atoms with van der Waals surface area (Å²) in [4.78, 5) is 19.7. The zero-order valence-corrected chi connectivity index (χ0v) is 9.23. The van der Waals surface area contributed by atoms with E-state index >= 15 is 0 Å². The standard InChI is InChI=1S/C9H11O5P/c1-7-5-3-4-6-9(7)14-15(11,12)13-8(2)10/h3-6H,1-2H3,(H,11,12). The van der Waals surface area contributed by atoms with E-state index in [0.29, 0.717) is 5.56 Å². The molecule has 1 atom stereocenters. The van der Waals surface area contributed by atoms with Crippen molar-refractivity contribution in [2.24, 2.45) is 0 Å². The summed E-state index contributed by atoms with van der Waals surface area (Å²) in [7, 11) is -4.35. The van der Waals surface area contributed by atoms with E-state index in [0.717, 1.165) is 6.92 Å². The molecule has 15 heavy (non-hydrogen) atoms. The Kier molecular flexibility index (Phi) is 3.50. The Morgan fingerprint density at radius 1 is 1.40 bits per heavy atom.